The molecule has 0 unspecified atom stereocenters. The van der Waals surface area contributed by atoms with Gasteiger partial charge in [-0.25, -0.2) is 12.8 Å². The summed E-state index contributed by atoms with van der Waals surface area (Å²) < 4.78 is 40.0. The van der Waals surface area contributed by atoms with Crippen molar-refractivity contribution in [3.05, 3.63) is 65.5 Å². The van der Waals surface area contributed by atoms with Gasteiger partial charge in [0, 0.05) is 13.1 Å². The molecule has 7 heteroatoms. The Bertz CT molecular complexity index is 928. The number of sulfonamides is 1. The molecule has 0 spiro atoms. The van der Waals surface area contributed by atoms with E-state index in [1.54, 1.807) is 4.90 Å². The fourth-order valence-corrected chi connectivity index (χ4v) is 4.98. The topological polar surface area (TPSA) is 57.7 Å². The van der Waals surface area contributed by atoms with E-state index in [4.69, 9.17) is 0 Å². The highest BCUT2D eigenvalue weighted by molar-refractivity contribution is 7.89. The molecule has 0 aliphatic carbocycles. The summed E-state index contributed by atoms with van der Waals surface area (Å²) in [6, 6.07) is 12.2. The molecule has 1 atom stereocenters. The van der Waals surface area contributed by atoms with Crippen LogP contribution in [0, 0.1) is 5.82 Å². The van der Waals surface area contributed by atoms with Gasteiger partial charge in [0.1, 0.15) is 5.82 Å². The van der Waals surface area contributed by atoms with Gasteiger partial charge in [-0.1, -0.05) is 24.3 Å². The summed E-state index contributed by atoms with van der Waals surface area (Å²) in [7, 11) is -3.85. The first-order valence-electron chi connectivity index (χ1n) is 8.10. The summed E-state index contributed by atoms with van der Waals surface area (Å²) in [5, 5.41) is 0. The number of halogens is 1. The number of piperazine rings is 1. The summed E-state index contributed by atoms with van der Waals surface area (Å²) >= 11 is 0. The fraction of sp³-hybridized carbons (Fsp3) is 0.278. The van der Waals surface area contributed by atoms with Crippen LogP contribution in [0.4, 0.5) is 4.39 Å². The van der Waals surface area contributed by atoms with Crippen LogP contribution < -0.4 is 0 Å². The molecule has 2 aromatic carbocycles. The van der Waals surface area contributed by atoms with E-state index in [9.17, 15) is 17.6 Å². The lowest BCUT2D eigenvalue weighted by molar-refractivity contribution is -0.138. The second-order valence-corrected chi connectivity index (χ2v) is 8.24. The van der Waals surface area contributed by atoms with Crippen LogP contribution in [-0.4, -0.2) is 43.2 Å². The maximum absolute atomic E-state index is 13.1. The third-order valence-corrected chi connectivity index (χ3v) is 6.70. The SMILES string of the molecule is O=C1CN(S(=O)(=O)c2ccc(F)cc2)C[C@@H]2c3ccccc3CCN12. The van der Waals surface area contributed by atoms with Crippen molar-refractivity contribution < 1.29 is 17.6 Å². The van der Waals surface area contributed by atoms with Crippen LogP contribution in [0.25, 0.3) is 0 Å². The molecule has 0 N–H and O–H groups in total. The number of carbonyl (C=O) groups is 1. The summed E-state index contributed by atoms with van der Waals surface area (Å²) in [6.45, 7) is 0.631. The molecule has 1 fully saturated rings. The predicted octanol–water partition coefficient (Wildman–Crippen LogP) is 1.96. The largest absolute Gasteiger partial charge is 0.333 e. The van der Waals surface area contributed by atoms with E-state index in [1.807, 2.05) is 24.3 Å². The van der Waals surface area contributed by atoms with Gasteiger partial charge in [-0.15, -0.1) is 0 Å². The second kappa shape index (κ2) is 5.93. The first-order valence-corrected chi connectivity index (χ1v) is 9.54. The number of carbonyl (C=O) groups excluding carboxylic acids is 1. The minimum absolute atomic E-state index is 0.000699. The maximum atomic E-state index is 13.1. The van der Waals surface area contributed by atoms with Crippen LogP contribution in [0.15, 0.2) is 53.4 Å². The molecule has 2 aromatic rings. The predicted molar refractivity (Wildman–Crippen MR) is 89.8 cm³/mol. The van der Waals surface area contributed by atoms with Crippen LogP contribution in [0.1, 0.15) is 17.2 Å². The molecule has 5 nitrogen and oxygen atoms in total. The molecular formula is C18H17FN2O3S. The van der Waals surface area contributed by atoms with Crippen molar-refractivity contribution in [2.75, 3.05) is 19.6 Å². The Balaban J connectivity index is 1.70. The fourth-order valence-electron chi connectivity index (χ4n) is 3.58. The highest BCUT2D eigenvalue weighted by Gasteiger charge is 2.41. The van der Waals surface area contributed by atoms with Crippen molar-refractivity contribution in [2.24, 2.45) is 0 Å². The summed E-state index contributed by atoms with van der Waals surface area (Å²) in [6.07, 6.45) is 0.781. The Kier molecular flexibility index (Phi) is 3.85. The first kappa shape index (κ1) is 16.2. The molecule has 1 amide bonds. The van der Waals surface area contributed by atoms with E-state index in [2.05, 4.69) is 0 Å². The monoisotopic (exact) mass is 360 g/mol. The average Bonchev–Trinajstić information content (AvgIpc) is 2.62. The third-order valence-electron chi connectivity index (χ3n) is 4.87. The lowest BCUT2D eigenvalue weighted by Crippen LogP contribution is -2.55. The maximum Gasteiger partial charge on any atom is 0.243 e. The Morgan fingerprint density at radius 2 is 1.76 bits per heavy atom. The summed E-state index contributed by atoms with van der Waals surface area (Å²) in [5.41, 5.74) is 2.15. The van der Waals surface area contributed by atoms with E-state index in [0.717, 1.165) is 29.7 Å². The van der Waals surface area contributed by atoms with Crippen LogP contribution in [-0.2, 0) is 21.2 Å². The van der Waals surface area contributed by atoms with Crippen molar-refractivity contribution in [3.63, 3.8) is 0 Å². The number of nitrogens with zero attached hydrogens (tertiary/aromatic N) is 2. The molecule has 130 valence electrons. The van der Waals surface area contributed by atoms with Crippen LogP contribution >= 0.6 is 0 Å². The molecule has 2 heterocycles. The Hall–Kier alpha value is -2.25. The lowest BCUT2D eigenvalue weighted by Gasteiger charge is -2.44. The van der Waals surface area contributed by atoms with Crippen molar-refractivity contribution in [1.82, 2.24) is 9.21 Å². The normalized spacial score (nSPS) is 20.9. The van der Waals surface area contributed by atoms with Gasteiger partial charge in [0.2, 0.25) is 15.9 Å². The minimum atomic E-state index is -3.85. The molecular weight excluding hydrogens is 343 g/mol. The zero-order valence-corrected chi connectivity index (χ0v) is 14.2. The highest BCUT2D eigenvalue weighted by atomic mass is 32.2. The van der Waals surface area contributed by atoms with Gasteiger partial charge in [-0.3, -0.25) is 4.79 Å². The van der Waals surface area contributed by atoms with Crippen LogP contribution in [0.2, 0.25) is 0 Å². The molecule has 0 bridgehead atoms. The van der Waals surface area contributed by atoms with Gasteiger partial charge >= 0.3 is 0 Å². The number of hydrogen-bond acceptors (Lipinski definition) is 3. The summed E-state index contributed by atoms with van der Waals surface area (Å²) in [5.74, 6) is -0.697. The molecule has 0 aromatic heterocycles. The molecule has 25 heavy (non-hydrogen) atoms. The standard InChI is InChI=1S/C18H17FN2O3S/c19-14-5-7-15(8-6-14)25(23,24)20-11-17-16-4-2-1-3-13(16)9-10-21(17)18(22)12-20/h1-8,17H,9-12H2/t17-/m1/s1. The Morgan fingerprint density at radius 3 is 2.52 bits per heavy atom. The minimum Gasteiger partial charge on any atom is -0.333 e. The third kappa shape index (κ3) is 2.73. The van der Waals surface area contributed by atoms with Gasteiger partial charge in [-0.05, 0) is 41.8 Å². The van der Waals surface area contributed by atoms with Gasteiger partial charge in [-0.2, -0.15) is 4.31 Å². The van der Waals surface area contributed by atoms with Gasteiger partial charge in [0.05, 0.1) is 17.5 Å². The van der Waals surface area contributed by atoms with Crippen molar-refractivity contribution in [3.8, 4) is 0 Å². The van der Waals surface area contributed by atoms with E-state index in [-0.39, 0.29) is 29.9 Å². The summed E-state index contributed by atoms with van der Waals surface area (Å²) in [4.78, 5) is 14.3. The zero-order valence-electron chi connectivity index (χ0n) is 13.4. The van der Waals surface area contributed by atoms with E-state index >= 15 is 0 Å². The molecule has 1 saturated heterocycles. The molecule has 2 aliphatic rings. The smallest absolute Gasteiger partial charge is 0.243 e. The number of benzene rings is 2. The van der Waals surface area contributed by atoms with Gasteiger partial charge in [0.25, 0.3) is 0 Å². The molecule has 0 radical (unpaired) electrons. The van der Waals surface area contributed by atoms with Crippen LogP contribution in [0.5, 0.6) is 0 Å². The zero-order chi connectivity index (χ0) is 17.6. The molecule has 4 rings (SSSR count). The first-order chi connectivity index (χ1) is 12.0. The quantitative estimate of drug-likeness (QED) is 0.823. The van der Waals surface area contributed by atoms with Crippen molar-refractivity contribution in [2.45, 2.75) is 17.4 Å². The van der Waals surface area contributed by atoms with E-state index in [1.165, 1.54) is 16.4 Å². The average molecular weight is 360 g/mol. The van der Waals surface area contributed by atoms with Gasteiger partial charge < -0.3 is 4.90 Å². The van der Waals surface area contributed by atoms with Gasteiger partial charge in [0.15, 0.2) is 0 Å². The molecule has 2 aliphatic heterocycles. The number of hydrogen-bond donors (Lipinski definition) is 0. The molecule has 0 saturated carbocycles. The van der Waals surface area contributed by atoms with E-state index in [0.29, 0.717) is 6.54 Å². The van der Waals surface area contributed by atoms with Crippen molar-refractivity contribution in [1.29, 1.82) is 0 Å². The van der Waals surface area contributed by atoms with Crippen LogP contribution in [0.3, 0.4) is 0 Å². The van der Waals surface area contributed by atoms with Crippen molar-refractivity contribution >= 4 is 15.9 Å². The number of fused-ring (bicyclic) bond motifs is 3. The van der Waals surface area contributed by atoms with E-state index < -0.39 is 15.8 Å². The Labute approximate surface area is 145 Å². The number of rotatable bonds is 2. The second-order valence-electron chi connectivity index (χ2n) is 6.30. The highest BCUT2D eigenvalue weighted by Crippen LogP contribution is 2.34. The Morgan fingerprint density at radius 1 is 1.04 bits per heavy atom. The lowest BCUT2D eigenvalue weighted by atomic mass is 9.91. The number of amides is 1.